The molecule has 0 fully saturated rings. The lowest BCUT2D eigenvalue weighted by atomic mass is 10.0. The van der Waals surface area contributed by atoms with Gasteiger partial charge in [-0.3, -0.25) is 14.5 Å². The molecule has 0 spiro atoms. The number of nitrogens with zero attached hydrogens (tertiary/aromatic N) is 1. The fourth-order valence-corrected chi connectivity index (χ4v) is 2.62. The number of carbonyl (C=O) groups excluding carboxylic acids is 2. The van der Waals surface area contributed by atoms with Gasteiger partial charge in [-0.25, -0.2) is 0 Å². The van der Waals surface area contributed by atoms with Crippen LogP contribution in [-0.4, -0.2) is 43.4 Å². The van der Waals surface area contributed by atoms with Gasteiger partial charge in [0.15, 0.2) is 12.5 Å². The van der Waals surface area contributed by atoms with E-state index in [0.717, 1.165) is 6.67 Å². The van der Waals surface area contributed by atoms with Crippen LogP contribution in [0.4, 0.5) is 0 Å². The SMILES string of the molecule is CC(=O)[C@H](CC(C)C)NC(=O)/C=C/C=C/C=C/C=C/C1=C[NH+](C)CN1C. The van der Waals surface area contributed by atoms with Crippen LogP contribution in [0.15, 0.2) is 60.5 Å². The Morgan fingerprint density at radius 3 is 2.35 bits per heavy atom. The predicted octanol–water partition coefficient (Wildman–Crippen LogP) is 1.59. The van der Waals surface area contributed by atoms with Gasteiger partial charge in [-0.05, 0) is 25.3 Å². The number of ketones is 1. The number of quaternary nitrogens is 1. The first-order valence-corrected chi connectivity index (χ1v) is 9.04. The Morgan fingerprint density at radius 2 is 1.81 bits per heavy atom. The molecule has 0 aromatic carbocycles. The van der Waals surface area contributed by atoms with Gasteiger partial charge in [0.2, 0.25) is 5.91 Å². The summed E-state index contributed by atoms with van der Waals surface area (Å²) in [7, 11) is 4.20. The first-order chi connectivity index (χ1) is 12.3. The van der Waals surface area contributed by atoms with Crippen LogP contribution in [0, 0.1) is 5.92 Å². The second kappa shape index (κ2) is 11.3. The highest BCUT2D eigenvalue weighted by Gasteiger charge is 2.17. The average molecular weight is 359 g/mol. The molecule has 1 amide bonds. The summed E-state index contributed by atoms with van der Waals surface area (Å²) in [6.07, 6.45) is 17.5. The number of rotatable bonds is 9. The van der Waals surface area contributed by atoms with Gasteiger partial charge in [0.05, 0.1) is 18.8 Å². The fourth-order valence-electron chi connectivity index (χ4n) is 2.62. The average Bonchev–Trinajstić information content (AvgIpc) is 2.86. The van der Waals surface area contributed by atoms with E-state index in [0.29, 0.717) is 12.3 Å². The zero-order valence-corrected chi connectivity index (χ0v) is 16.5. The van der Waals surface area contributed by atoms with Crippen LogP contribution < -0.4 is 10.2 Å². The highest BCUT2D eigenvalue weighted by Crippen LogP contribution is 2.05. The molecule has 5 nitrogen and oxygen atoms in total. The summed E-state index contributed by atoms with van der Waals surface area (Å²) in [6, 6.07) is -0.412. The van der Waals surface area contributed by atoms with Crippen molar-refractivity contribution in [1.82, 2.24) is 10.2 Å². The van der Waals surface area contributed by atoms with Gasteiger partial charge in [0.25, 0.3) is 0 Å². The first kappa shape index (κ1) is 21.6. The van der Waals surface area contributed by atoms with Gasteiger partial charge < -0.3 is 10.2 Å². The molecular formula is C21H32N3O2+. The number of amides is 1. The number of carbonyl (C=O) groups is 2. The summed E-state index contributed by atoms with van der Waals surface area (Å²) in [4.78, 5) is 27.0. The van der Waals surface area contributed by atoms with E-state index in [1.54, 1.807) is 12.2 Å². The number of hydrogen-bond acceptors (Lipinski definition) is 3. The van der Waals surface area contributed by atoms with Gasteiger partial charge in [0.1, 0.15) is 6.20 Å². The Hall–Kier alpha value is -2.40. The fraction of sp³-hybridized carbons (Fsp3) is 0.429. The van der Waals surface area contributed by atoms with Crippen molar-refractivity contribution in [3.63, 3.8) is 0 Å². The quantitative estimate of drug-likeness (QED) is 0.486. The minimum Gasteiger partial charge on any atom is -0.343 e. The van der Waals surface area contributed by atoms with Crippen molar-refractivity contribution in [3.05, 3.63) is 60.5 Å². The standard InChI is InChI=1S/C21H31N3O2/c1-17(2)14-20(18(3)25)22-21(26)13-11-9-7-6-8-10-12-19-15-23(4)16-24(19)5/h6-13,15,17,20H,14,16H2,1-5H3,(H,22,26)/p+1/b8-6+,9-7+,12-10+,13-11+/t20-/m0/s1. The molecule has 1 unspecified atom stereocenters. The van der Waals surface area contributed by atoms with Crippen molar-refractivity contribution < 1.29 is 14.5 Å². The summed E-state index contributed by atoms with van der Waals surface area (Å²) < 4.78 is 0. The summed E-state index contributed by atoms with van der Waals surface area (Å²) in [5.41, 5.74) is 1.20. The molecule has 0 saturated carbocycles. The van der Waals surface area contributed by atoms with Crippen LogP contribution in [0.3, 0.4) is 0 Å². The van der Waals surface area contributed by atoms with E-state index < -0.39 is 6.04 Å². The number of nitrogens with one attached hydrogen (secondary N) is 2. The van der Waals surface area contributed by atoms with Crippen LogP contribution in [0.2, 0.25) is 0 Å². The molecule has 2 N–H and O–H groups in total. The lowest BCUT2D eigenvalue weighted by molar-refractivity contribution is -0.826. The summed E-state index contributed by atoms with van der Waals surface area (Å²) >= 11 is 0. The monoisotopic (exact) mass is 358 g/mol. The minimum atomic E-state index is -0.412. The molecule has 1 aliphatic rings. The van der Waals surface area contributed by atoms with E-state index in [1.807, 2.05) is 38.2 Å². The van der Waals surface area contributed by atoms with Crippen molar-refractivity contribution in [2.24, 2.45) is 5.92 Å². The molecule has 0 aromatic heterocycles. The molecule has 5 heteroatoms. The molecule has 142 valence electrons. The van der Waals surface area contributed by atoms with Gasteiger partial charge in [-0.1, -0.05) is 50.3 Å². The highest BCUT2D eigenvalue weighted by atomic mass is 16.2. The summed E-state index contributed by atoms with van der Waals surface area (Å²) in [6.45, 7) is 6.55. The van der Waals surface area contributed by atoms with Gasteiger partial charge in [-0.15, -0.1) is 0 Å². The van der Waals surface area contributed by atoms with Gasteiger partial charge in [-0.2, -0.15) is 0 Å². The Morgan fingerprint density at radius 1 is 1.19 bits per heavy atom. The van der Waals surface area contributed by atoms with Crippen molar-refractivity contribution >= 4 is 11.7 Å². The zero-order valence-electron chi connectivity index (χ0n) is 16.5. The molecule has 0 aliphatic carbocycles. The van der Waals surface area contributed by atoms with E-state index in [-0.39, 0.29) is 11.7 Å². The lowest BCUT2D eigenvalue weighted by Gasteiger charge is -2.16. The van der Waals surface area contributed by atoms with Crippen LogP contribution in [0.1, 0.15) is 27.2 Å². The molecule has 0 aromatic rings. The maximum absolute atomic E-state index is 11.9. The van der Waals surface area contributed by atoms with Crippen LogP contribution in [0.25, 0.3) is 0 Å². The normalized spacial score (nSPS) is 19.4. The van der Waals surface area contributed by atoms with Gasteiger partial charge in [0, 0.05) is 13.1 Å². The molecule has 26 heavy (non-hydrogen) atoms. The number of Topliss-reactive ketones (excluding diaryl/α,β-unsaturated/α-hetero) is 1. The third kappa shape index (κ3) is 8.62. The number of likely N-dealkylation sites (N-methyl/N-ethyl adjacent to an activating group) is 1. The molecule has 0 radical (unpaired) electrons. The van der Waals surface area contributed by atoms with Crippen LogP contribution in [-0.2, 0) is 9.59 Å². The summed E-state index contributed by atoms with van der Waals surface area (Å²) in [5.74, 6) is 0.0941. The molecule has 0 saturated heterocycles. The maximum atomic E-state index is 11.9. The van der Waals surface area contributed by atoms with Gasteiger partial charge >= 0.3 is 0 Å². The molecule has 1 heterocycles. The second-order valence-corrected chi connectivity index (χ2v) is 7.06. The smallest absolute Gasteiger partial charge is 0.244 e. The minimum absolute atomic E-state index is 0.0125. The highest BCUT2D eigenvalue weighted by molar-refractivity contribution is 5.92. The molecule has 1 rings (SSSR count). The first-order valence-electron chi connectivity index (χ1n) is 9.04. The third-order valence-electron chi connectivity index (χ3n) is 3.91. The van der Waals surface area contributed by atoms with Crippen molar-refractivity contribution in [2.45, 2.75) is 33.2 Å². The number of hydrogen-bond donors (Lipinski definition) is 2. The van der Waals surface area contributed by atoms with Crippen LogP contribution in [0.5, 0.6) is 0 Å². The van der Waals surface area contributed by atoms with Crippen LogP contribution >= 0.6 is 0 Å². The van der Waals surface area contributed by atoms with E-state index in [2.05, 4.69) is 36.6 Å². The lowest BCUT2D eigenvalue weighted by Crippen LogP contribution is -3.03. The van der Waals surface area contributed by atoms with E-state index >= 15 is 0 Å². The van der Waals surface area contributed by atoms with E-state index in [1.165, 1.54) is 23.6 Å². The number of allylic oxidation sites excluding steroid dienone is 7. The molecule has 2 atom stereocenters. The largest absolute Gasteiger partial charge is 0.343 e. The Bertz CT molecular complexity index is 627. The molecule has 1 aliphatic heterocycles. The zero-order chi connectivity index (χ0) is 19.5. The van der Waals surface area contributed by atoms with Crippen molar-refractivity contribution in [1.29, 1.82) is 0 Å². The molecule has 0 bridgehead atoms. The van der Waals surface area contributed by atoms with E-state index in [4.69, 9.17) is 0 Å². The maximum Gasteiger partial charge on any atom is 0.244 e. The molecular weight excluding hydrogens is 326 g/mol. The van der Waals surface area contributed by atoms with Crippen molar-refractivity contribution in [3.8, 4) is 0 Å². The Balaban J connectivity index is 2.39. The Kier molecular flexibility index (Phi) is 9.37. The second-order valence-electron chi connectivity index (χ2n) is 7.06. The third-order valence-corrected chi connectivity index (χ3v) is 3.91. The topological polar surface area (TPSA) is 53.9 Å². The predicted molar refractivity (Wildman–Crippen MR) is 106 cm³/mol. The Labute approximate surface area is 157 Å². The van der Waals surface area contributed by atoms with E-state index in [9.17, 15) is 9.59 Å². The summed E-state index contributed by atoms with van der Waals surface area (Å²) in [5, 5.41) is 2.75. The van der Waals surface area contributed by atoms with Crippen molar-refractivity contribution in [2.75, 3.05) is 20.8 Å².